The molecule has 0 radical (unpaired) electrons. The summed E-state index contributed by atoms with van der Waals surface area (Å²) >= 11 is 6.74. The molecule has 1 N–H and O–H groups in total. The summed E-state index contributed by atoms with van der Waals surface area (Å²) in [7, 11) is 0. The Morgan fingerprint density at radius 2 is 2.19 bits per heavy atom. The van der Waals surface area contributed by atoms with E-state index in [2.05, 4.69) is 26.1 Å². The molecule has 2 fully saturated rings. The molecule has 2 heterocycles. The second-order valence-corrected chi connectivity index (χ2v) is 8.91. The van der Waals surface area contributed by atoms with Crippen LogP contribution in [0.4, 0.5) is 0 Å². The topological polar surface area (TPSA) is 49.4 Å². The van der Waals surface area contributed by atoms with Crippen molar-refractivity contribution < 1.29 is 9.59 Å². The Labute approximate surface area is 136 Å². The second-order valence-electron chi connectivity index (χ2n) is 7.07. The fourth-order valence-electron chi connectivity index (χ4n) is 2.74. The van der Waals surface area contributed by atoms with Gasteiger partial charge in [0, 0.05) is 12.5 Å². The van der Waals surface area contributed by atoms with Crippen LogP contribution < -0.4 is 5.32 Å². The molecule has 0 saturated carbocycles. The van der Waals surface area contributed by atoms with Crippen molar-refractivity contribution in [1.82, 2.24) is 10.2 Å². The summed E-state index contributed by atoms with van der Waals surface area (Å²) in [6.07, 6.45) is 2.72. The quantitative estimate of drug-likeness (QED) is 0.802. The van der Waals surface area contributed by atoms with Gasteiger partial charge in [0.05, 0.1) is 11.8 Å². The van der Waals surface area contributed by atoms with Gasteiger partial charge in [0.15, 0.2) is 5.78 Å². The monoisotopic (exact) mass is 328 g/mol. The maximum Gasteiger partial charge on any atom is 0.242 e. The molecule has 6 heteroatoms. The van der Waals surface area contributed by atoms with Crippen LogP contribution >= 0.6 is 24.0 Å². The lowest BCUT2D eigenvalue weighted by Crippen LogP contribution is -2.42. The van der Waals surface area contributed by atoms with E-state index in [4.69, 9.17) is 12.2 Å². The Balaban J connectivity index is 1.95. The number of Topliss-reactive ketones (excluding diaryl/α,β-unsaturated/α-hetero) is 1. The molecule has 21 heavy (non-hydrogen) atoms. The smallest absolute Gasteiger partial charge is 0.242 e. The van der Waals surface area contributed by atoms with Crippen molar-refractivity contribution in [1.29, 1.82) is 0 Å². The number of rotatable bonds is 4. The van der Waals surface area contributed by atoms with Gasteiger partial charge in [-0.1, -0.05) is 44.8 Å². The average molecular weight is 329 g/mol. The SMILES string of the molecule is CC(C)(C)CC1SC(=S)N(CC(=O)C2CCCNC2)C1=O. The molecule has 4 nitrogen and oxygen atoms in total. The minimum atomic E-state index is -0.130. The average Bonchev–Trinajstić information content (AvgIpc) is 2.65. The van der Waals surface area contributed by atoms with Crippen molar-refractivity contribution in [2.75, 3.05) is 19.6 Å². The molecular formula is C15H24N2O2S2. The van der Waals surface area contributed by atoms with E-state index >= 15 is 0 Å². The Morgan fingerprint density at radius 3 is 2.76 bits per heavy atom. The van der Waals surface area contributed by atoms with Crippen LogP contribution in [0, 0.1) is 11.3 Å². The summed E-state index contributed by atoms with van der Waals surface area (Å²) in [5.74, 6) is 0.174. The van der Waals surface area contributed by atoms with E-state index in [1.807, 2.05) is 0 Å². The third kappa shape index (κ3) is 4.50. The molecule has 1 amide bonds. The fourth-order valence-corrected chi connectivity index (χ4v) is 4.58. The van der Waals surface area contributed by atoms with Crippen molar-refractivity contribution in [3.05, 3.63) is 0 Å². The minimum Gasteiger partial charge on any atom is -0.316 e. The Bertz CT molecular complexity index is 439. The highest BCUT2D eigenvalue weighted by molar-refractivity contribution is 8.24. The van der Waals surface area contributed by atoms with Crippen molar-refractivity contribution >= 4 is 40.0 Å². The molecule has 2 atom stereocenters. The largest absolute Gasteiger partial charge is 0.316 e. The molecule has 2 unspecified atom stereocenters. The summed E-state index contributed by atoms with van der Waals surface area (Å²) in [6.45, 7) is 8.21. The first-order valence-corrected chi connectivity index (χ1v) is 8.82. The normalized spacial score (nSPS) is 27.3. The molecule has 0 spiro atoms. The molecule has 2 aliphatic heterocycles. The number of piperidine rings is 1. The Hall–Kier alpha value is -0.460. The van der Waals surface area contributed by atoms with E-state index in [1.54, 1.807) is 0 Å². The molecule has 0 aliphatic carbocycles. The van der Waals surface area contributed by atoms with E-state index in [0.717, 1.165) is 32.4 Å². The molecular weight excluding hydrogens is 304 g/mol. The number of hydrogen-bond donors (Lipinski definition) is 1. The van der Waals surface area contributed by atoms with E-state index in [1.165, 1.54) is 16.7 Å². The summed E-state index contributed by atoms with van der Waals surface area (Å²) < 4.78 is 0.561. The zero-order valence-corrected chi connectivity index (χ0v) is 14.6. The van der Waals surface area contributed by atoms with Crippen LogP contribution in [0.5, 0.6) is 0 Å². The first-order valence-electron chi connectivity index (χ1n) is 7.53. The van der Waals surface area contributed by atoms with Gasteiger partial charge in [0.1, 0.15) is 4.32 Å². The molecule has 2 aliphatic rings. The second kappa shape index (κ2) is 6.75. The van der Waals surface area contributed by atoms with Crippen molar-refractivity contribution in [2.24, 2.45) is 11.3 Å². The van der Waals surface area contributed by atoms with Crippen molar-refractivity contribution in [3.8, 4) is 0 Å². The van der Waals surface area contributed by atoms with Crippen LogP contribution in [0.2, 0.25) is 0 Å². The highest BCUT2D eigenvalue weighted by atomic mass is 32.2. The van der Waals surface area contributed by atoms with E-state index < -0.39 is 0 Å². The van der Waals surface area contributed by atoms with E-state index in [9.17, 15) is 9.59 Å². The first kappa shape index (κ1) is 16.9. The number of carbonyl (C=O) groups is 2. The maximum absolute atomic E-state index is 12.5. The summed E-state index contributed by atoms with van der Waals surface area (Å²) in [5.41, 5.74) is 0.0796. The van der Waals surface area contributed by atoms with Crippen molar-refractivity contribution in [3.63, 3.8) is 0 Å². The maximum atomic E-state index is 12.5. The van der Waals surface area contributed by atoms with Gasteiger partial charge >= 0.3 is 0 Å². The summed E-state index contributed by atoms with van der Waals surface area (Å²) in [6, 6.07) is 0. The molecule has 0 aromatic carbocycles. The summed E-state index contributed by atoms with van der Waals surface area (Å²) in [5, 5.41) is 3.11. The van der Waals surface area contributed by atoms with Crippen LogP contribution in [-0.4, -0.2) is 45.8 Å². The zero-order valence-electron chi connectivity index (χ0n) is 13.0. The van der Waals surface area contributed by atoms with Gasteiger partial charge in [-0.15, -0.1) is 0 Å². The third-order valence-electron chi connectivity index (χ3n) is 3.87. The van der Waals surface area contributed by atoms with Gasteiger partial charge < -0.3 is 5.32 Å². The van der Waals surface area contributed by atoms with Crippen molar-refractivity contribution in [2.45, 2.75) is 45.3 Å². The zero-order chi connectivity index (χ0) is 15.6. The lowest BCUT2D eigenvalue weighted by Gasteiger charge is -2.24. The van der Waals surface area contributed by atoms with Crippen LogP contribution in [0.25, 0.3) is 0 Å². The fraction of sp³-hybridized carbons (Fsp3) is 0.800. The highest BCUT2D eigenvalue weighted by Crippen LogP contribution is 2.35. The molecule has 0 aromatic rings. The van der Waals surface area contributed by atoms with E-state index in [-0.39, 0.29) is 34.8 Å². The van der Waals surface area contributed by atoms with Crippen LogP contribution in [0.3, 0.4) is 0 Å². The number of hydrogen-bond acceptors (Lipinski definition) is 5. The molecule has 0 bridgehead atoms. The van der Waals surface area contributed by atoms with Crippen LogP contribution in [0.1, 0.15) is 40.0 Å². The number of ketones is 1. The predicted octanol–water partition coefficient (Wildman–Crippen LogP) is 2.22. The number of amides is 1. The minimum absolute atomic E-state index is 0.0112. The molecule has 0 aromatic heterocycles. The highest BCUT2D eigenvalue weighted by Gasteiger charge is 2.40. The molecule has 118 valence electrons. The standard InChI is InChI=1S/C15H24N2O2S2/c1-15(2,3)7-12-13(19)17(14(20)21-12)9-11(18)10-5-4-6-16-8-10/h10,12,16H,4-9H2,1-3H3. The van der Waals surface area contributed by atoms with Crippen LogP contribution in [0.15, 0.2) is 0 Å². The lowest BCUT2D eigenvalue weighted by atomic mass is 9.90. The number of carbonyl (C=O) groups excluding carboxylic acids is 2. The Morgan fingerprint density at radius 1 is 1.48 bits per heavy atom. The van der Waals surface area contributed by atoms with Gasteiger partial charge in [0.2, 0.25) is 5.91 Å². The van der Waals surface area contributed by atoms with Gasteiger partial charge in [-0.25, -0.2) is 0 Å². The van der Waals surface area contributed by atoms with Gasteiger partial charge in [0.25, 0.3) is 0 Å². The number of nitrogens with one attached hydrogen (secondary N) is 1. The molecule has 2 rings (SSSR count). The predicted molar refractivity (Wildman–Crippen MR) is 90.4 cm³/mol. The number of thioether (sulfide) groups is 1. The number of thiocarbonyl (C=S) groups is 1. The molecule has 2 saturated heterocycles. The Kier molecular flexibility index (Phi) is 5.43. The first-order chi connectivity index (χ1) is 9.78. The van der Waals surface area contributed by atoms with Crippen LogP contribution in [-0.2, 0) is 9.59 Å². The van der Waals surface area contributed by atoms with Gasteiger partial charge in [-0.05, 0) is 31.2 Å². The number of nitrogens with zero attached hydrogens (tertiary/aromatic N) is 1. The van der Waals surface area contributed by atoms with E-state index in [0.29, 0.717) is 4.32 Å². The third-order valence-corrected chi connectivity index (χ3v) is 5.45. The lowest BCUT2D eigenvalue weighted by molar-refractivity contribution is -0.132. The van der Waals surface area contributed by atoms with Gasteiger partial charge in [-0.2, -0.15) is 0 Å². The summed E-state index contributed by atoms with van der Waals surface area (Å²) in [4.78, 5) is 26.3. The van der Waals surface area contributed by atoms with Gasteiger partial charge in [-0.3, -0.25) is 14.5 Å².